The molecule has 2 nitrogen and oxygen atoms in total. The van der Waals surface area contributed by atoms with Crippen LogP contribution in [0.1, 0.15) is 46.0 Å². The Morgan fingerprint density at radius 1 is 1.19 bits per heavy atom. The van der Waals surface area contributed by atoms with Gasteiger partial charge < -0.3 is 10.0 Å². The maximum absolute atomic E-state index is 9.66. The summed E-state index contributed by atoms with van der Waals surface area (Å²) in [7, 11) is 0. The van der Waals surface area contributed by atoms with Gasteiger partial charge >= 0.3 is 0 Å². The van der Waals surface area contributed by atoms with Crippen LogP contribution in [0.3, 0.4) is 0 Å². The van der Waals surface area contributed by atoms with Gasteiger partial charge in [0.15, 0.2) is 0 Å². The average Bonchev–Trinajstić information content (AvgIpc) is 2.24. The Morgan fingerprint density at radius 3 is 2.31 bits per heavy atom. The van der Waals surface area contributed by atoms with E-state index in [0.29, 0.717) is 6.61 Å². The van der Waals surface area contributed by atoms with Crippen molar-refractivity contribution in [3.8, 4) is 0 Å². The molecule has 0 spiro atoms. The zero-order chi connectivity index (χ0) is 11.6. The van der Waals surface area contributed by atoms with Gasteiger partial charge in [-0.1, -0.05) is 33.1 Å². The fourth-order valence-electron chi connectivity index (χ4n) is 3.30. The normalized spacial score (nSPS) is 27.0. The second-order valence-corrected chi connectivity index (χ2v) is 6.42. The molecular weight excluding hydrogens is 198 g/mol. The Kier molecular flexibility index (Phi) is 3.91. The lowest BCUT2D eigenvalue weighted by Gasteiger charge is -2.48. The van der Waals surface area contributed by atoms with Crippen LogP contribution in [0, 0.1) is 17.3 Å². The van der Waals surface area contributed by atoms with Gasteiger partial charge in [-0.3, -0.25) is 0 Å². The Morgan fingerprint density at radius 2 is 1.81 bits per heavy atom. The van der Waals surface area contributed by atoms with E-state index in [1.807, 2.05) is 0 Å². The molecule has 0 unspecified atom stereocenters. The van der Waals surface area contributed by atoms with E-state index in [-0.39, 0.29) is 5.41 Å². The van der Waals surface area contributed by atoms with E-state index < -0.39 is 0 Å². The summed E-state index contributed by atoms with van der Waals surface area (Å²) < 4.78 is 0. The van der Waals surface area contributed by atoms with Crippen LogP contribution in [0.25, 0.3) is 0 Å². The third-order valence-corrected chi connectivity index (χ3v) is 4.74. The van der Waals surface area contributed by atoms with Crippen molar-refractivity contribution in [2.24, 2.45) is 17.3 Å². The van der Waals surface area contributed by atoms with E-state index in [0.717, 1.165) is 18.4 Å². The Bertz CT molecular complexity index is 215. The predicted molar refractivity (Wildman–Crippen MR) is 67.4 cm³/mol. The molecule has 0 aromatic carbocycles. The lowest BCUT2D eigenvalue weighted by Crippen LogP contribution is -2.54. The molecule has 2 rings (SSSR count). The molecule has 1 aliphatic heterocycles. The molecule has 2 heteroatoms. The summed E-state index contributed by atoms with van der Waals surface area (Å²) in [5, 5.41) is 9.66. The molecule has 0 bridgehead atoms. The second-order valence-electron chi connectivity index (χ2n) is 6.42. The minimum absolute atomic E-state index is 0.250. The molecule has 1 aliphatic carbocycles. The van der Waals surface area contributed by atoms with Gasteiger partial charge in [0, 0.05) is 31.7 Å². The highest BCUT2D eigenvalue weighted by molar-refractivity contribution is 4.90. The highest BCUT2D eigenvalue weighted by atomic mass is 16.3. The first-order chi connectivity index (χ1) is 7.65. The van der Waals surface area contributed by atoms with Gasteiger partial charge in [0.2, 0.25) is 0 Å². The van der Waals surface area contributed by atoms with Crippen LogP contribution >= 0.6 is 0 Å². The van der Waals surface area contributed by atoms with Crippen LogP contribution in [-0.2, 0) is 0 Å². The van der Waals surface area contributed by atoms with Gasteiger partial charge in [-0.05, 0) is 24.7 Å². The molecule has 1 heterocycles. The molecule has 0 aromatic heterocycles. The predicted octanol–water partition coefficient (Wildman–Crippen LogP) is 2.52. The van der Waals surface area contributed by atoms with Gasteiger partial charge in [0.05, 0.1) is 0 Å². The molecule has 16 heavy (non-hydrogen) atoms. The number of nitrogens with zero attached hydrogens (tertiary/aromatic N) is 1. The Labute approximate surface area is 100 Å². The van der Waals surface area contributed by atoms with Crippen LogP contribution < -0.4 is 0 Å². The molecule has 1 saturated heterocycles. The van der Waals surface area contributed by atoms with Gasteiger partial charge in [0.1, 0.15) is 0 Å². The van der Waals surface area contributed by atoms with Crippen LogP contribution in [-0.4, -0.2) is 36.2 Å². The van der Waals surface area contributed by atoms with Gasteiger partial charge in [0.25, 0.3) is 0 Å². The molecular formula is C14H27NO. The summed E-state index contributed by atoms with van der Waals surface area (Å²) in [5.74, 6) is 1.73. The number of likely N-dealkylation sites (tertiary alicyclic amines) is 1. The van der Waals surface area contributed by atoms with Gasteiger partial charge in [-0.15, -0.1) is 0 Å². The SMILES string of the molecule is CC(C)C1CN(CC2(CO)CCCCC2)C1. The van der Waals surface area contributed by atoms with E-state index >= 15 is 0 Å². The van der Waals surface area contributed by atoms with E-state index in [9.17, 15) is 5.11 Å². The van der Waals surface area contributed by atoms with Gasteiger partial charge in [-0.25, -0.2) is 0 Å². The number of aliphatic hydroxyl groups excluding tert-OH is 1. The summed E-state index contributed by atoms with van der Waals surface area (Å²) in [4.78, 5) is 2.56. The third-order valence-electron chi connectivity index (χ3n) is 4.74. The highest BCUT2D eigenvalue weighted by Crippen LogP contribution is 2.38. The largest absolute Gasteiger partial charge is 0.396 e. The summed E-state index contributed by atoms with van der Waals surface area (Å²) >= 11 is 0. The van der Waals surface area contributed by atoms with Crippen LogP contribution in [0.2, 0.25) is 0 Å². The zero-order valence-corrected chi connectivity index (χ0v) is 10.9. The number of hydrogen-bond donors (Lipinski definition) is 1. The quantitative estimate of drug-likeness (QED) is 0.794. The van der Waals surface area contributed by atoms with Crippen molar-refractivity contribution in [2.45, 2.75) is 46.0 Å². The van der Waals surface area contributed by atoms with Crippen molar-refractivity contribution in [3.63, 3.8) is 0 Å². The Balaban J connectivity index is 1.80. The summed E-state index contributed by atoms with van der Waals surface area (Å²) in [6, 6.07) is 0. The summed E-state index contributed by atoms with van der Waals surface area (Å²) in [6.45, 7) is 8.72. The highest BCUT2D eigenvalue weighted by Gasteiger charge is 2.37. The van der Waals surface area contributed by atoms with Crippen molar-refractivity contribution < 1.29 is 5.11 Å². The lowest BCUT2D eigenvalue weighted by atomic mass is 9.73. The minimum Gasteiger partial charge on any atom is -0.396 e. The first kappa shape index (κ1) is 12.4. The van der Waals surface area contributed by atoms with E-state index in [1.54, 1.807) is 0 Å². The monoisotopic (exact) mass is 225 g/mol. The molecule has 2 fully saturated rings. The molecule has 0 aromatic rings. The minimum atomic E-state index is 0.250. The molecule has 1 saturated carbocycles. The van der Waals surface area contributed by atoms with Crippen LogP contribution in [0.15, 0.2) is 0 Å². The van der Waals surface area contributed by atoms with E-state index in [4.69, 9.17) is 0 Å². The number of hydrogen-bond acceptors (Lipinski definition) is 2. The fourth-order valence-corrected chi connectivity index (χ4v) is 3.30. The van der Waals surface area contributed by atoms with Crippen molar-refractivity contribution in [1.29, 1.82) is 0 Å². The number of aliphatic hydroxyl groups is 1. The Hall–Kier alpha value is -0.0800. The maximum atomic E-state index is 9.66. The van der Waals surface area contributed by atoms with Crippen LogP contribution in [0.4, 0.5) is 0 Å². The van der Waals surface area contributed by atoms with Crippen LogP contribution in [0.5, 0.6) is 0 Å². The fraction of sp³-hybridized carbons (Fsp3) is 1.00. The smallest absolute Gasteiger partial charge is 0.0499 e. The molecule has 2 aliphatic rings. The lowest BCUT2D eigenvalue weighted by molar-refractivity contribution is -0.0150. The first-order valence-electron chi connectivity index (χ1n) is 6.98. The molecule has 0 amide bonds. The van der Waals surface area contributed by atoms with Crippen molar-refractivity contribution >= 4 is 0 Å². The third kappa shape index (κ3) is 2.60. The zero-order valence-electron chi connectivity index (χ0n) is 10.9. The average molecular weight is 225 g/mol. The molecule has 0 atom stereocenters. The maximum Gasteiger partial charge on any atom is 0.0499 e. The second kappa shape index (κ2) is 5.05. The van der Waals surface area contributed by atoms with E-state index in [2.05, 4.69) is 18.7 Å². The summed E-state index contributed by atoms with van der Waals surface area (Å²) in [5.41, 5.74) is 0.250. The number of rotatable bonds is 4. The molecule has 1 N–H and O–H groups in total. The topological polar surface area (TPSA) is 23.5 Å². The van der Waals surface area contributed by atoms with Crippen molar-refractivity contribution in [2.75, 3.05) is 26.2 Å². The standard InChI is InChI=1S/C14H27NO/c1-12(2)13-8-15(9-13)10-14(11-16)6-4-3-5-7-14/h12-13,16H,3-11H2,1-2H3. The molecule has 0 radical (unpaired) electrons. The van der Waals surface area contributed by atoms with E-state index in [1.165, 1.54) is 45.2 Å². The van der Waals surface area contributed by atoms with Gasteiger partial charge in [-0.2, -0.15) is 0 Å². The summed E-state index contributed by atoms with van der Waals surface area (Å²) in [6.07, 6.45) is 6.50. The molecule has 94 valence electrons. The van der Waals surface area contributed by atoms with Crippen molar-refractivity contribution in [3.05, 3.63) is 0 Å². The van der Waals surface area contributed by atoms with Crippen molar-refractivity contribution in [1.82, 2.24) is 4.90 Å². The first-order valence-corrected chi connectivity index (χ1v) is 6.98.